The number of benzene rings is 1. The van der Waals surface area contributed by atoms with E-state index in [-0.39, 0.29) is 22.7 Å². The van der Waals surface area contributed by atoms with E-state index < -0.39 is 5.82 Å². The van der Waals surface area contributed by atoms with Crippen molar-refractivity contribution < 1.29 is 9.18 Å². The second kappa shape index (κ2) is 4.51. The molecule has 0 radical (unpaired) electrons. The maximum Gasteiger partial charge on any atom is 0.253 e. The van der Waals surface area contributed by atoms with Gasteiger partial charge in [0.1, 0.15) is 5.82 Å². The van der Waals surface area contributed by atoms with Crippen molar-refractivity contribution in [1.29, 1.82) is 0 Å². The number of anilines is 1. The van der Waals surface area contributed by atoms with E-state index in [9.17, 15) is 9.18 Å². The lowest BCUT2D eigenvalue weighted by Gasteiger charge is -2.24. The van der Waals surface area contributed by atoms with Gasteiger partial charge in [-0.2, -0.15) is 0 Å². The molecule has 1 amide bonds. The van der Waals surface area contributed by atoms with Gasteiger partial charge >= 0.3 is 0 Å². The minimum absolute atomic E-state index is 0.182. The van der Waals surface area contributed by atoms with E-state index in [0.29, 0.717) is 0 Å². The molecule has 0 heterocycles. The summed E-state index contributed by atoms with van der Waals surface area (Å²) in [5.41, 5.74) is 5.76. The molecule has 1 aromatic carbocycles. The van der Waals surface area contributed by atoms with Crippen LogP contribution in [0, 0.1) is 5.82 Å². The molecule has 1 rings (SSSR count). The first-order chi connectivity index (χ1) is 7.35. The summed E-state index contributed by atoms with van der Waals surface area (Å²) in [4.78, 5) is 11.8. The fourth-order valence-electron chi connectivity index (χ4n) is 1.19. The van der Waals surface area contributed by atoms with E-state index >= 15 is 0 Å². The Bertz CT molecular complexity index is 402. The minimum Gasteiger partial charge on any atom is -0.398 e. The Morgan fingerprint density at radius 1 is 1.50 bits per heavy atom. The number of hydrogen-bond acceptors (Lipinski definition) is 2. The first-order valence-corrected chi connectivity index (χ1v) is 5.23. The molecule has 0 aliphatic rings. The Morgan fingerprint density at radius 3 is 2.69 bits per heavy atom. The second-order valence-corrected chi connectivity index (χ2v) is 4.42. The van der Waals surface area contributed by atoms with Gasteiger partial charge in [-0.25, -0.2) is 4.39 Å². The second-order valence-electron chi connectivity index (χ2n) is 4.42. The summed E-state index contributed by atoms with van der Waals surface area (Å²) in [6.07, 6.45) is 0.786. The summed E-state index contributed by atoms with van der Waals surface area (Å²) >= 11 is 0. The number of carbonyl (C=O) groups excluding carboxylic acids is 1. The van der Waals surface area contributed by atoms with Crippen LogP contribution in [-0.4, -0.2) is 11.4 Å². The lowest BCUT2D eigenvalue weighted by atomic mass is 10.0. The summed E-state index contributed by atoms with van der Waals surface area (Å²) in [6.45, 7) is 5.77. The fraction of sp³-hybridized carbons (Fsp3) is 0.417. The number of rotatable bonds is 3. The van der Waals surface area contributed by atoms with Crippen LogP contribution in [0.2, 0.25) is 0 Å². The molecule has 0 atom stereocenters. The van der Waals surface area contributed by atoms with Gasteiger partial charge in [0.25, 0.3) is 5.91 Å². The van der Waals surface area contributed by atoms with Gasteiger partial charge < -0.3 is 11.1 Å². The molecule has 0 saturated carbocycles. The zero-order chi connectivity index (χ0) is 12.3. The zero-order valence-electron chi connectivity index (χ0n) is 9.80. The van der Waals surface area contributed by atoms with Crippen molar-refractivity contribution in [3.63, 3.8) is 0 Å². The average Bonchev–Trinajstić information content (AvgIpc) is 2.21. The highest BCUT2D eigenvalue weighted by Crippen LogP contribution is 2.15. The van der Waals surface area contributed by atoms with Crippen molar-refractivity contribution in [2.75, 3.05) is 5.73 Å². The maximum absolute atomic E-state index is 13.0. The van der Waals surface area contributed by atoms with E-state index in [1.807, 2.05) is 20.8 Å². The number of hydrogen-bond donors (Lipinski definition) is 2. The van der Waals surface area contributed by atoms with Crippen LogP contribution in [0.4, 0.5) is 10.1 Å². The normalized spacial score (nSPS) is 11.2. The molecule has 0 aliphatic heterocycles. The molecule has 3 N–H and O–H groups in total. The Labute approximate surface area is 94.8 Å². The van der Waals surface area contributed by atoms with Gasteiger partial charge in [0, 0.05) is 11.2 Å². The van der Waals surface area contributed by atoms with Crippen molar-refractivity contribution in [1.82, 2.24) is 5.32 Å². The van der Waals surface area contributed by atoms with Crippen LogP contribution in [-0.2, 0) is 0 Å². The Balaban J connectivity index is 2.93. The molecule has 0 bridgehead atoms. The van der Waals surface area contributed by atoms with Gasteiger partial charge in [0.2, 0.25) is 0 Å². The molecule has 88 valence electrons. The number of nitrogens with one attached hydrogen (secondary N) is 1. The molecular formula is C12H17FN2O. The first kappa shape index (κ1) is 12.5. The molecular weight excluding hydrogens is 207 g/mol. The molecule has 0 saturated heterocycles. The highest BCUT2D eigenvalue weighted by atomic mass is 19.1. The number of carbonyl (C=O) groups is 1. The molecule has 0 spiro atoms. The molecule has 0 aliphatic carbocycles. The lowest BCUT2D eigenvalue weighted by Crippen LogP contribution is -2.43. The predicted molar refractivity (Wildman–Crippen MR) is 62.6 cm³/mol. The van der Waals surface area contributed by atoms with Crippen LogP contribution in [0.1, 0.15) is 37.6 Å². The smallest absolute Gasteiger partial charge is 0.253 e. The van der Waals surface area contributed by atoms with Crippen molar-refractivity contribution >= 4 is 11.6 Å². The first-order valence-electron chi connectivity index (χ1n) is 5.23. The van der Waals surface area contributed by atoms with Crippen molar-refractivity contribution in [2.45, 2.75) is 32.7 Å². The van der Waals surface area contributed by atoms with E-state index in [4.69, 9.17) is 5.73 Å². The van der Waals surface area contributed by atoms with Crippen molar-refractivity contribution in [3.05, 3.63) is 29.6 Å². The zero-order valence-corrected chi connectivity index (χ0v) is 9.80. The van der Waals surface area contributed by atoms with Crippen LogP contribution in [0.15, 0.2) is 18.2 Å². The summed E-state index contributed by atoms with van der Waals surface area (Å²) < 4.78 is 13.0. The SMILES string of the molecule is CCC(C)(C)NC(=O)c1cc(F)ccc1N. The summed E-state index contributed by atoms with van der Waals surface area (Å²) in [6, 6.07) is 3.77. The molecule has 16 heavy (non-hydrogen) atoms. The third-order valence-electron chi connectivity index (χ3n) is 2.60. The summed E-state index contributed by atoms with van der Waals surface area (Å²) in [5, 5.41) is 2.80. The van der Waals surface area contributed by atoms with E-state index in [1.165, 1.54) is 12.1 Å². The van der Waals surface area contributed by atoms with Gasteiger partial charge in [-0.05, 0) is 38.5 Å². The largest absolute Gasteiger partial charge is 0.398 e. The molecule has 1 aromatic rings. The third kappa shape index (κ3) is 2.95. The van der Waals surface area contributed by atoms with Crippen molar-refractivity contribution in [3.8, 4) is 0 Å². The third-order valence-corrected chi connectivity index (χ3v) is 2.60. The van der Waals surface area contributed by atoms with Crippen LogP contribution in [0.3, 0.4) is 0 Å². The topological polar surface area (TPSA) is 55.1 Å². The van der Waals surface area contributed by atoms with E-state index in [2.05, 4.69) is 5.32 Å². The van der Waals surface area contributed by atoms with Crippen LogP contribution < -0.4 is 11.1 Å². The van der Waals surface area contributed by atoms with Gasteiger partial charge in [-0.1, -0.05) is 6.92 Å². The summed E-state index contributed by atoms with van der Waals surface area (Å²) in [7, 11) is 0. The van der Waals surface area contributed by atoms with E-state index in [0.717, 1.165) is 12.5 Å². The molecule has 3 nitrogen and oxygen atoms in total. The highest BCUT2D eigenvalue weighted by molar-refractivity contribution is 5.99. The number of nitrogen functional groups attached to an aromatic ring is 1. The number of amides is 1. The maximum atomic E-state index is 13.0. The number of halogens is 1. The molecule has 0 fully saturated rings. The molecule has 4 heteroatoms. The summed E-state index contributed by atoms with van der Waals surface area (Å²) in [5.74, 6) is -0.808. The Hall–Kier alpha value is -1.58. The quantitative estimate of drug-likeness (QED) is 0.774. The van der Waals surface area contributed by atoms with Crippen LogP contribution >= 0.6 is 0 Å². The van der Waals surface area contributed by atoms with Gasteiger partial charge in [-0.15, -0.1) is 0 Å². The van der Waals surface area contributed by atoms with Gasteiger partial charge in [0.05, 0.1) is 5.56 Å². The lowest BCUT2D eigenvalue weighted by molar-refractivity contribution is 0.0911. The minimum atomic E-state index is -0.464. The van der Waals surface area contributed by atoms with Crippen LogP contribution in [0.5, 0.6) is 0 Å². The van der Waals surface area contributed by atoms with Crippen LogP contribution in [0.25, 0.3) is 0 Å². The molecule has 0 unspecified atom stereocenters. The molecule has 0 aromatic heterocycles. The Kier molecular flexibility index (Phi) is 3.52. The number of nitrogens with two attached hydrogens (primary N) is 1. The van der Waals surface area contributed by atoms with E-state index in [1.54, 1.807) is 0 Å². The van der Waals surface area contributed by atoms with Gasteiger partial charge in [0.15, 0.2) is 0 Å². The standard InChI is InChI=1S/C12H17FN2O/c1-4-12(2,3)15-11(16)9-7-8(13)5-6-10(9)14/h5-7H,4,14H2,1-3H3,(H,15,16). The van der Waals surface area contributed by atoms with Crippen molar-refractivity contribution in [2.24, 2.45) is 0 Å². The predicted octanol–water partition coefficient (Wildman–Crippen LogP) is 2.33. The van der Waals surface area contributed by atoms with Gasteiger partial charge in [-0.3, -0.25) is 4.79 Å². The Morgan fingerprint density at radius 2 is 2.12 bits per heavy atom. The highest BCUT2D eigenvalue weighted by Gasteiger charge is 2.20. The fourth-order valence-corrected chi connectivity index (χ4v) is 1.19. The monoisotopic (exact) mass is 224 g/mol. The average molecular weight is 224 g/mol.